The summed E-state index contributed by atoms with van der Waals surface area (Å²) in [5.41, 5.74) is 0.775. The van der Waals surface area contributed by atoms with Crippen LogP contribution in [0.5, 0.6) is 23.0 Å². The Balaban J connectivity index is 1.73. The fraction of sp³-hybridized carbons (Fsp3) is 0.0500. The highest BCUT2D eigenvalue weighted by Gasteiger charge is 2.16. The molecule has 2 N–H and O–H groups in total. The van der Waals surface area contributed by atoms with Crippen molar-refractivity contribution in [3.8, 4) is 29.1 Å². The molecule has 0 bridgehead atoms. The van der Waals surface area contributed by atoms with Crippen LogP contribution in [-0.4, -0.2) is 23.1 Å². The minimum absolute atomic E-state index is 0.141. The lowest BCUT2D eigenvalue weighted by Crippen LogP contribution is -2.14. The summed E-state index contributed by atoms with van der Waals surface area (Å²) in [6.07, 6.45) is 1.37. The van der Waals surface area contributed by atoms with E-state index in [0.717, 1.165) is 0 Å². The molecule has 0 saturated carbocycles. The number of ether oxygens (including phenoxy) is 2. The molecule has 3 aromatic rings. The highest BCUT2D eigenvalue weighted by Crippen LogP contribution is 2.29. The van der Waals surface area contributed by atoms with E-state index < -0.39 is 5.91 Å². The predicted octanol–water partition coefficient (Wildman–Crippen LogP) is 3.71. The average molecular weight is 361 g/mol. The first-order valence-corrected chi connectivity index (χ1v) is 7.92. The van der Waals surface area contributed by atoms with Crippen LogP contribution in [0.15, 0.2) is 60.8 Å². The van der Waals surface area contributed by atoms with E-state index in [-0.39, 0.29) is 17.2 Å². The van der Waals surface area contributed by atoms with Crippen molar-refractivity contribution < 1.29 is 19.4 Å². The van der Waals surface area contributed by atoms with E-state index in [2.05, 4.69) is 16.4 Å². The fourth-order valence-corrected chi connectivity index (χ4v) is 2.34. The van der Waals surface area contributed by atoms with Crippen LogP contribution in [0.4, 0.5) is 5.69 Å². The predicted molar refractivity (Wildman–Crippen MR) is 98.1 cm³/mol. The van der Waals surface area contributed by atoms with Crippen LogP contribution in [0, 0.1) is 11.3 Å². The first kappa shape index (κ1) is 17.8. The number of benzene rings is 2. The number of pyridine rings is 1. The molecule has 1 heterocycles. The topological polar surface area (TPSA) is 104 Å². The molecule has 27 heavy (non-hydrogen) atoms. The van der Waals surface area contributed by atoms with Gasteiger partial charge in [0.25, 0.3) is 5.91 Å². The quantitative estimate of drug-likeness (QED) is 0.718. The first-order valence-electron chi connectivity index (χ1n) is 7.92. The summed E-state index contributed by atoms with van der Waals surface area (Å²) in [6, 6.07) is 17.0. The number of anilines is 1. The summed E-state index contributed by atoms with van der Waals surface area (Å²) in [4.78, 5) is 16.2. The minimum atomic E-state index is -0.574. The second-order valence-corrected chi connectivity index (χ2v) is 5.40. The summed E-state index contributed by atoms with van der Waals surface area (Å²) >= 11 is 0. The van der Waals surface area contributed by atoms with Gasteiger partial charge in [-0.2, -0.15) is 5.26 Å². The molecule has 1 amide bonds. The van der Waals surface area contributed by atoms with Crippen LogP contribution in [0.25, 0.3) is 0 Å². The van der Waals surface area contributed by atoms with Gasteiger partial charge < -0.3 is 19.9 Å². The van der Waals surface area contributed by atoms with E-state index in [1.54, 1.807) is 48.5 Å². The van der Waals surface area contributed by atoms with Gasteiger partial charge in [0.1, 0.15) is 17.6 Å². The molecule has 0 radical (unpaired) electrons. The smallest absolute Gasteiger partial charge is 0.278 e. The molecule has 7 nitrogen and oxygen atoms in total. The zero-order valence-corrected chi connectivity index (χ0v) is 14.3. The molecular formula is C20H15N3O4. The van der Waals surface area contributed by atoms with Crippen LogP contribution in [0.1, 0.15) is 16.1 Å². The third-order valence-electron chi connectivity index (χ3n) is 3.67. The molecule has 7 heteroatoms. The monoisotopic (exact) mass is 361 g/mol. The standard InChI is InChI=1S/C20H15N3O4/c1-26-17-10-11-22-18(19(17)24)20(25)23-14-6-8-15(9-7-14)27-16-5-3-2-4-13(16)12-21/h2-11,24H,1H3,(H,23,25). The number of hydrogen-bond acceptors (Lipinski definition) is 6. The molecule has 0 atom stereocenters. The Bertz CT molecular complexity index is 1010. The highest BCUT2D eigenvalue weighted by molar-refractivity contribution is 6.05. The Kier molecular flexibility index (Phi) is 5.19. The van der Waals surface area contributed by atoms with Gasteiger partial charge in [0.05, 0.1) is 12.7 Å². The van der Waals surface area contributed by atoms with E-state index in [9.17, 15) is 9.90 Å². The number of nitrogens with one attached hydrogen (secondary N) is 1. The Morgan fingerprint density at radius 3 is 2.56 bits per heavy atom. The summed E-state index contributed by atoms with van der Waals surface area (Å²) in [5, 5.41) is 21.7. The first-order chi connectivity index (χ1) is 13.1. The average Bonchev–Trinajstić information content (AvgIpc) is 2.70. The zero-order chi connectivity index (χ0) is 19.2. The van der Waals surface area contributed by atoms with Crippen LogP contribution in [-0.2, 0) is 0 Å². The van der Waals surface area contributed by atoms with Crippen molar-refractivity contribution in [2.45, 2.75) is 0 Å². The lowest BCUT2D eigenvalue weighted by Gasteiger charge is -2.10. The summed E-state index contributed by atoms with van der Waals surface area (Å²) < 4.78 is 10.7. The number of rotatable bonds is 5. The van der Waals surface area contributed by atoms with Gasteiger partial charge in [-0.25, -0.2) is 4.98 Å². The largest absolute Gasteiger partial charge is 0.503 e. The van der Waals surface area contributed by atoms with Crippen molar-refractivity contribution in [2.24, 2.45) is 0 Å². The maximum absolute atomic E-state index is 12.3. The maximum Gasteiger partial charge on any atom is 0.278 e. The van der Waals surface area contributed by atoms with Gasteiger partial charge in [-0.1, -0.05) is 12.1 Å². The van der Waals surface area contributed by atoms with Gasteiger partial charge in [-0.3, -0.25) is 4.79 Å². The number of amides is 1. The number of hydrogen-bond donors (Lipinski definition) is 2. The Labute approximate surface area is 155 Å². The van der Waals surface area contributed by atoms with Crippen LogP contribution >= 0.6 is 0 Å². The van der Waals surface area contributed by atoms with Gasteiger partial charge in [0.2, 0.25) is 0 Å². The lowest BCUT2D eigenvalue weighted by atomic mass is 10.2. The lowest BCUT2D eigenvalue weighted by molar-refractivity contribution is 0.101. The molecule has 0 aliphatic rings. The molecule has 0 unspecified atom stereocenters. The van der Waals surface area contributed by atoms with Gasteiger partial charge >= 0.3 is 0 Å². The molecule has 1 aromatic heterocycles. The van der Waals surface area contributed by atoms with E-state index in [1.807, 2.05) is 0 Å². The molecule has 0 spiro atoms. The number of nitrogens with zero attached hydrogens (tertiary/aromatic N) is 2. The van der Waals surface area contributed by atoms with E-state index in [4.69, 9.17) is 14.7 Å². The number of carbonyl (C=O) groups is 1. The van der Waals surface area contributed by atoms with Crippen LogP contribution in [0.3, 0.4) is 0 Å². The highest BCUT2D eigenvalue weighted by atomic mass is 16.5. The second kappa shape index (κ2) is 7.89. The molecule has 0 saturated heterocycles. The number of aromatic hydroxyl groups is 1. The second-order valence-electron chi connectivity index (χ2n) is 5.40. The Hall–Kier alpha value is -4.05. The fourth-order valence-electron chi connectivity index (χ4n) is 2.34. The maximum atomic E-state index is 12.3. The summed E-state index contributed by atoms with van der Waals surface area (Å²) in [7, 11) is 1.39. The van der Waals surface area contributed by atoms with Crippen LogP contribution in [0.2, 0.25) is 0 Å². The van der Waals surface area contributed by atoms with Crippen LogP contribution < -0.4 is 14.8 Å². The Morgan fingerprint density at radius 2 is 1.85 bits per heavy atom. The molecule has 2 aromatic carbocycles. The molecule has 0 aliphatic heterocycles. The van der Waals surface area contributed by atoms with E-state index in [0.29, 0.717) is 22.7 Å². The molecule has 0 aliphatic carbocycles. The summed E-state index contributed by atoms with van der Waals surface area (Å²) in [5.74, 6) is 0.218. The number of aromatic nitrogens is 1. The van der Waals surface area contributed by atoms with Crippen molar-refractivity contribution in [1.29, 1.82) is 5.26 Å². The van der Waals surface area contributed by atoms with E-state index in [1.165, 1.54) is 19.4 Å². The third kappa shape index (κ3) is 3.96. The Morgan fingerprint density at radius 1 is 1.11 bits per heavy atom. The summed E-state index contributed by atoms with van der Waals surface area (Å²) in [6.45, 7) is 0. The normalized spacial score (nSPS) is 9.93. The van der Waals surface area contributed by atoms with Crippen molar-refractivity contribution in [3.05, 3.63) is 72.1 Å². The van der Waals surface area contributed by atoms with Crippen molar-refractivity contribution in [2.75, 3.05) is 12.4 Å². The molecular weight excluding hydrogens is 346 g/mol. The van der Waals surface area contributed by atoms with Crippen molar-refractivity contribution >= 4 is 11.6 Å². The van der Waals surface area contributed by atoms with Gasteiger partial charge in [0.15, 0.2) is 17.2 Å². The number of nitriles is 1. The van der Waals surface area contributed by atoms with Crippen molar-refractivity contribution in [3.63, 3.8) is 0 Å². The molecule has 0 fully saturated rings. The van der Waals surface area contributed by atoms with Crippen molar-refractivity contribution in [1.82, 2.24) is 4.98 Å². The van der Waals surface area contributed by atoms with Gasteiger partial charge in [-0.15, -0.1) is 0 Å². The molecule has 3 rings (SSSR count). The van der Waals surface area contributed by atoms with E-state index >= 15 is 0 Å². The minimum Gasteiger partial charge on any atom is -0.503 e. The number of methoxy groups -OCH3 is 1. The zero-order valence-electron chi connectivity index (χ0n) is 14.3. The number of carbonyl (C=O) groups excluding carboxylic acids is 1. The van der Waals surface area contributed by atoms with Gasteiger partial charge in [0, 0.05) is 18.0 Å². The number of para-hydroxylation sites is 1. The SMILES string of the molecule is COc1ccnc(C(=O)Nc2ccc(Oc3ccccc3C#N)cc2)c1O. The molecule has 134 valence electrons. The van der Waals surface area contributed by atoms with Gasteiger partial charge in [-0.05, 0) is 36.4 Å². The third-order valence-corrected chi connectivity index (χ3v) is 3.67.